The number of hydrogen-bond donors (Lipinski definition) is 0. The molecule has 22 heavy (non-hydrogen) atoms. The van der Waals surface area contributed by atoms with Gasteiger partial charge >= 0.3 is 0 Å². The number of rotatable bonds is 3. The maximum atomic E-state index is 11.9. The van der Waals surface area contributed by atoms with E-state index < -0.39 is 0 Å². The van der Waals surface area contributed by atoms with E-state index in [4.69, 9.17) is 9.47 Å². The first-order valence-electron chi connectivity index (χ1n) is 8.14. The molecule has 3 nitrogen and oxygen atoms in total. The van der Waals surface area contributed by atoms with Crippen LogP contribution in [0.15, 0.2) is 30.3 Å². The van der Waals surface area contributed by atoms with Crippen molar-refractivity contribution in [2.75, 3.05) is 6.61 Å². The van der Waals surface area contributed by atoms with Crippen molar-refractivity contribution in [1.29, 1.82) is 0 Å². The van der Waals surface area contributed by atoms with Crippen LogP contribution in [-0.4, -0.2) is 18.7 Å². The third kappa shape index (κ3) is 3.77. The van der Waals surface area contributed by atoms with Crippen molar-refractivity contribution >= 4 is 11.4 Å². The molecule has 1 saturated heterocycles. The van der Waals surface area contributed by atoms with E-state index in [-0.39, 0.29) is 17.5 Å². The van der Waals surface area contributed by atoms with Crippen LogP contribution in [0, 0.1) is 5.41 Å². The summed E-state index contributed by atoms with van der Waals surface area (Å²) < 4.78 is 11.4. The van der Waals surface area contributed by atoms with Gasteiger partial charge in [0.2, 0.25) is 0 Å². The molecule has 0 aromatic heterocycles. The molecule has 0 bridgehead atoms. The van der Waals surface area contributed by atoms with Crippen LogP contribution >= 0.6 is 0 Å². The highest BCUT2D eigenvalue weighted by atomic mass is 16.7. The quantitative estimate of drug-likeness (QED) is 0.831. The van der Waals surface area contributed by atoms with Gasteiger partial charge in [-0.1, -0.05) is 26.0 Å². The molecular weight excluding hydrogens is 276 g/mol. The van der Waals surface area contributed by atoms with E-state index >= 15 is 0 Å². The normalized spacial score (nSPS) is 24.7. The van der Waals surface area contributed by atoms with Gasteiger partial charge in [-0.15, -0.1) is 0 Å². The Morgan fingerprint density at radius 2 is 1.91 bits per heavy atom. The van der Waals surface area contributed by atoms with Crippen molar-refractivity contribution < 1.29 is 14.3 Å². The molecule has 1 aromatic carbocycles. The monoisotopic (exact) mass is 300 g/mol. The molecule has 0 radical (unpaired) electrons. The van der Waals surface area contributed by atoms with Crippen molar-refractivity contribution in [3.05, 3.63) is 35.9 Å². The average molecular weight is 300 g/mol. The van der Waals surface area contributed by atoms with Crippen LogP contribution in [-0.2, 0) is 9.53 Å². The fourth-order valence-electron chi connectivity index (χ4n) is 3.24. The Kier molecular flexibility index (Phi) is 4.34. The van der Waals surface area contributed by atoms with Gasteiger partial charge in [-0.3, -0.25) is 4.79 Å². The maximum absolute atomic E-state index is 11.9. The lowest BCUT2D eigenvalue weighted by Gasteiger charge is -2.29. The molecule has 2 aliphatic rings. The summed E-state index contributed by atoms with van der Waals surface area (Å²) in [6, 6.07) is 8.03. The van der Waals surface area contributed by atoms with E-state index in [1.165, 1.54) is 0 Å². The van der Waals surface area contributed by atoms with Gasteiger partial charge in [0.05, 0.1) is 6.61 Å². The summed E-state index contributed by atoms with van der Waals surface area (Å²) in [6.45, 7) is 5.08. The second-order valence-electron chi connectivity index (χ2n) is 7.09. The molecular formula is C19H24O3. The Morgan fingerprint density at radius 1 is 1.14 bits per heavy atom. The molecule has 118 valence electrons. The Bertz CT molecular complexity index is 563. The van der Waals surface area contributed by atoms with Crippen LogP contribution < -0.4 is 4.74 Å². The zero-order valence-electron chi connectivity index (χ0n) is 13.4. The second-order valence-corrected chi connectivity index (χ2v) is 7.09. The minimum absolute atomic E-state index is 0.0479. The van der Waals surface area contributed by atoms with Gasteiger partial charge in [-0.05, 0) is 54.0 Å². The van der Waals surface area contributed by atoms with Gasteiger partial charge in [0.1, 0.15) is 5.75 Å². The molecule has 1 aliphatic heterocycles. The molecule has 0 saturated carbocycles. The van der Waals surface area contributed by atoms with Gasteiger partial charge in [-0.2, -0.15) is 0 Å². The number of allylic oxidation sites excluding steroid dienone is 2. The molecule has 1 atom stereocenters. The van der Waals surface area contributed by atoms with Crippen LogP contribution in [0.1, 0.15) is 51.5 Å². The molecule has 1 aromatic rings. The van der Waals surface area contributed by atoms with E-state index in [1.54, 1.807) is 6.08 Å². The molecule has 1 heterocycles. The zero-order chi connectivity index (χ0) is 15.6. The minimum Gasteiger partial charge on any atom is -0.465 e. The van der Waals surface area contributed by atoms with Gasteiger partial charge in [0, 0.05) is 12.8 Å². The van der Waals surface area contributed by atoms with Crippen molar-refractivity contribution in [3.8, 4) is 5.75 Å². The zero-order valence-corrected chi connectivity index (χ0v) is 13.4. The number of carbonyl (C=O) groups is 1. The third-order valence-electron chi connectivity index (χ3n) is 4.29. The van der Waals surface area contributed by atoms with Gasteiger partial charge in [-0.25, -0.2) is 0 Å². The topological polar surface area (TPSA) is 35.5 Å². The Hall–Kier alpha value is -1.61. The fraction of sp³-hybridized carbons (Fsp3) is 0.526. The SMILES string of the molecule is CC1(C)CC(=O)C=C(c2ccc(OC3CCCCO3)cc2)C1. The smallest absolute Gasteiger partial charge is 0.199 e. The van der Waals surface area contributed by atoms with Crippen molar-refractivity contribution in [2.45, 2.75) is 52.2 Å². The molecule has 3 rings (SSSR count). The lowest BCUT2D eigenvalue weighted by atomic mass is 9.75. The molecule has 1 fully saturated rings. The van der Waals surface area contributed by atoms with Crippen LogP contribution in [0.5, 0.6) is 5.75 Å². The Labute approximate surface area is 132 Å². The summed E-state index contributed by atoms with van der Waals surface area (Å²) in [5.41, 5.74) is 2.28. The van der Waals surface area contributed by atoms with Crippen LogP contribution in [0.25, 0.3) is 5.57 Å². The van der Waals surface area contributed by atoms with Crippen molar-refractivity contribution in [3.63, 3.8) is 0 Å². The number of hydrogen-bond acceptors (Lipinski definition) is 3. The van der Waals surface area contributed by atoms with E-state index in [1.807, 2.05) is 24.3 Å². The van der Waals surface area contributed by atoms with Crippen molar-refractivity contribution in [2.24, 2.45) is 5.41 Å². The standard InChI is InChI=1S/C19H24O3/c1-19(2)12-15(11-16(20)13-19)14-6-8-17(9-7-14)22-18-5-3-4-10-21-18/h6-9,11,18H,3-5,10,12-13H2,1-2H3. The lowest BCUT2D eigenvalue weighted by molar-refractivity contribution is -0.116. The first-order chi connectivity index (χ1) is 10.5. The highest BCUT2D eigenvalue weighted by Gasteiger charge is 2.27. The molecule has 1 aliphatic carbocycles. The summed E-state index contributed by atoms with van der Waals surface area (Å²) in [6.07, 6.45) is 6.49. The highest BCUT2D eigenvalue weighted by Crippen LogP contribution is 2.38. The van der Waals surface area contributed by atoms with E-state index in [0.29, 0.717) is 6.42 Å². The predicted molar refractivity (Wildman–Crippen MR) is 86.7 cm³/mol. The van der Waals surface area contributed by atoms with Crippen LogP contribution in [0.3, 0.4) is 0 Å². The van der Waals surface area contributed by atoms with Gasteiger partial charge < -0.3 is 9.47 Å². The summed E-state index contributed by atoms with van der Waals surface area (Å²) in [4.78, 5) is 11.9. The number of benzene rings is 1. The predicted octanol–water partition coefficient (Wildman–Crippen LogP) is 4.36. The minimum atomic E-state index is -0.117. The molecule has 0 spiro atoms. The third-order valence-corrected chi connectivity index (χ3v) is 4.29. The van der Waals surface area contributed by atoms with Gasteiger partial charge in [0.15, 0.2) is 12.1 Å². The number of ketones is 1. The second kappa shape index (κ2) is 6.25. The molecule has 0 amide bonds. The van der Waals surface area contributed by atoms with Crippen LogP contribution in [0.2, 0.25) is 0 Å². The maximum Gasteiger partial charge on any atom is 0.199 e. The summed E-state index contributed by atoms with van der Waals surface area (Å²) >= 11 is 0. The summed E-state index contributed by atoms with van der Waals surface area (Å²) in [5.74, 6) is 1.06. The Balaban J connectivity index is 1.70. The summed E-state index contributed by atoms with van der Waals surface area (Å²) in [7, 11) is 0. The van der Waals surface area contributed by atoms with E-state index in [2.05, 4.69) is 13.8 Å². The summed E-state index contributed by atoms with van der Waals surface area (Å²) in [5, 5.41) is 0. The first-order valence-corrected chi connectivity index (χ1v) is 8.14. The molecule has 3 heteroatoms. The molecule has 1 unspecified atom stereocenters. The lowest BCUT2D eigenvalue weighted by Crippen LogP contribution is -2.25. The number of carbonyl (C=O) groups excluding carboxylic acids is 1. The highest BCUT2D eigenvalue weighted by molar-refractivity contribution is 5.99. The molecule has 0 N–H and O–H groups in total. The first kappa shape index (κ1) is 15.3. The Morgan fingerprint density at radius 3 is 2.55 bits per heavy atom. The fourth-order valence-corrected chi connectivity index (χ4v) is 3.24. The number of ether oxygens (including phenoxy) is 2. The van der Waals surface area contributed by atoms with Crippen LogP contribution in [0.4, 0.5) is 0 Å². The van der Waals surface area contributed by atoms with Crippen molar-refractivity contribution in [1.82, 2.24) is 0 Å². The van der Waals surface area contributed by atoms with E-state index in [9.17, 15) is 4.79 Å². The largest absolute Gasteiger partial charge is 0.465 e. The van der Waals surface area contributed by atoms with E-state index in [0.717, 1.165) is 49.2 Å². The average Bonchev–Trinajstić information content (AvgIpc) is 2.47. The van der Waals surface area contributed by atoms with Gasteiger partial charge in [0.25, 0.3) is 0 Å².